The third kappa shape index (κ3) is 13.3. The Bertz CT molecular complexity index is 2720. The highest BCUT2D eigenvalue weighted by molar-refractivity contribution is 7.59. The first-order chi connectivity index (χ1) is 33.6. The molecular formula is C51H57Cl2F4N5O7S3. The molecule has 2 heterocycles. The summed E-state index contributed by atoms with van der Waals surface area (Å²) in [4.78, 5) is 34.5. The quantitative estimate of drug-likeness (QED) is 0.0606. The van der Waals surface area contributed by atoms with Gasteiger partial charge < -0.3 is 39.2 Å². The molecule has 2 N–H and O–H groups in total. The summed E-state index contributed by atoms with van der Waals surface area (Å²) in [5, 5.41) is 19.3. The van der Waals surface area contributed by atoms with E-state index < -0.39 is 58.3 Å². The summed E-state index contributed by atoms with van der Waals surface area (Å²) in [6.45, 7) is 9.10. The van der Waals surface area contributed by atoms with Crippen molar-refractivity contribution in [3.05, 3.63) is 122 Å². The van der Waals surface area contributed by atoms with Gasteiger partial charge >= 0.3 is 0 Å². The number of nitriles is 1. The Balaban J connectivity index is 0.00000481. The van der Waals surface area contributed by atoms with E-state index in [0.29, 0.717) is 44.0 Å². The van der Waals surface area contributed by atoms with Gasteiger partial charge in [-0.1, -0.05) is 62.2 Å². The van der Waals surface area contributed by atoms with Crippen LogP contribution in [-0.2, 0) is 24.4 Å². The number of carbonyl (C=O) groups is 2. The minimum Gasteiger partial charge on any atom is -0.495 e. The van der Waals surface area contributed by atoms with Gasteiger partial charge in [0.1, 0.15) is 24.0 Å². The zero-order valence-electron chi connectivity index (χ0n) is 40.0. The number of carbonyl (C=O) groups excluding carboxylic acids is 2. The molecule has 4 aromatic carbocycles. The molecule has 2 fully saturated rings. The van der Waals surface area contributed by atoms with E-state index in [0.717, 1.165) is 17.3 Å². The van der Waals surface area contributed by atoms with E-state index in [1.165, 1.54) is 73.0 Å². The molecule has 2 amide bonds. The Morgan fingerprint density at radius 2 is 1.65 bits per heavy atom. The summed E-state index contributed by atoms with van der Waals surface area (Å²) in [5.41, 5.74) is -0.872. The van der Waals surface area contributed by atoms with Gasteiger partial charge in [0.2, 0.25) is 11.7 Å². The van der Waals surface area contributed by atoms with Crippen molar-refractivity contribution in [2.75, 3.05) is 83.2 Å². The van der Waals surface area contributed by atoms with Crippen molar-refractivity contribution in [3.63, 3.8) is 0 Å². The number of thiazole rings is 1. The average molecular weight is 1100 g/mol. The summed E-state index contributed by atoms with van der Waals surface area (Å²) in [7, 11) is 1.37. The lowest BCUT2D eigenvalue weighted by molar-refractivity contribution is -0.120. The number of hydrogen-bond acceptors (Lipinski definition) is 11. The number of anilines is 2. The van der Waals surface area contributed by atoms with Gasteiger partial charge in [0.15, 0.2) is 16.7 Å². The first kappa shape index (κ1) is 58.1. The predicted molar refractivity (Wildman–Crippen MR) is 281 cm³/mol. The predicted octanol–water partition coefficient (Wildman–Crippen LogP) is 10.8. The highest BCUT2D eigenvalue weighted by Crippen LogP contribution is 2.61. The molecule has 1 saturated carbocycles. The third-order valence-corrected chi connectivity index (χ3v) is 13.8. The van der Waals surface area contributed by atoms with Gasteiger partial charge in [-0.15, -0.1) is 11.3 Å². The average Bonchev–Trinajstić information content (AvgIpc) is 3.95. The second kappa shape index (κ2) is 25.9. The van der Waals surface area contributed by atoms with Gasteiger partial charge in [-0.05, 0) is 78.3 Å². The van der Waals surface area contributed by atoms with Crippen molar-refractivity contribution in [1.29, 1.82) is 5.26 Å². The molecule has 21 heteroatoms. The van der Waals surface area contributed by atoms with Gasteiger partial charge in [0, 0.05) is 58.6 Å². The van der Waals surface area contributed by atoms with E-state index in [2.05, 4.69) is 26.6 Å². The summed E-state index contributed by atoms with van der Waals surface area (Å²) in [6.07, 6.45) is 0.493. The van der Waals surface area contributed by atoms with Crippen molar-refractivity contribution < 1.29 is 50.8 Å². The Labute approximate surface area is 444 Å². The number of rotatable bonds is 19. The molecule has 388 valence electrons. The van der Waals surface area contributed by atoms with Crippen LogP contribution in [0.5, 0.6) is 11.5 Å². The Kier molecular flexibility index (Phi) is 20.9. The van der Waals surface area contributed by atoms with Crippen LogP contribution in [0.15, 0.2) is 72.1 Å². The number of amides is 2. The lowest BCUT2D eigenvalue weighted by Gasteiger charge is -2.38. The molecule has 0 radical (unpaired) electrons. The van der Waals surface area contributed by atoms with Crippen LogP contribution in [0.3, 0.4) is 0 Å². The van der Waals surface area contributed by atoms with Crippen molar-refractivity contribution >= 4 is 84.2 Å². The van der Waals surface area contributed by atoms with E-state index >= 15 is 8.78 Å². The van der Waals surface area contributed by atoms with Crippen LogP contribution < -0.4 is 25.0 Å². The summed E-state index contributed by atoms with van der Waals surface area (Å²) in [5.74, 6) is -7.69. The zero-order valence-corrected chi connectivity index (χ0v) is 44.3. The zero-order chi connectivity index (χ0) is 50.2. The first-order valence-corrected chi connectivity index (χ1v) is 24.3. The van der Waals surface area contributed by atoms with E-state index in [1.807, 2.05) is 20.8 Å². The van der Waals surface area contributed by atoms with Gasteiger partial charge in [-0.2, -0.15) is 36.6 Å². The molecule has 0 spiro atoms. The number of halogens is 6. The maximum atomic E-state index is 16.2. The van der Waals surface area contributed by atoms with Crippen molar-refractivity contribution in [2.24, 2.45) is 17.3 Å². The standard InChI is InChI=1S/C51H53Cl2F4N5O7S.2H2S/c1-50(2,3)27-31-25-35(43(34-6-5-7-37(53)44(34)56)51(31,29-58)36-11-9-32(52)26-39(36)55)48(64)60-40-13-8-30(24-42(40)65-4)47(63)59-14-17-66-20-21-68-22-23-69-46-33(10-12-38(54)45(46)57)41-28-70-49(61-41)62-15-18-67-19-16-62;;/h5-13,24,26,28,31,35,43H,14-23,25,27H2,1-4H3,(H,59,63)(H,60,64);2*1H2/t31-,35+,43-,51+;;/m0../s1. The molecule has 5 aromatic rings. The minimum atomic E-state index is -1.72. The van der Waals surface area contributed by atoms with E-state index in [-0.39, 0.29) is 122 Å². The van der Waals surface area contributed by atoms with E-state index in [4.69, 9.17) is 46.9 Å². The number of benzene rings is 4. The number of ether oxygens (including phenoxy) is 5. The monoisotopic (exact) mass is 1090 g/mol. The molecule has 1 aromatic heterocycles. The third-order valence-electron chi connectivity index (χ3n) is 12.3. The highest BCUT2D eigenvalue weighted by Gasteiger charge is 2.61. The molecule has 72 heavy (non-hydrogen) atoms. The smallest absolute Gasteiger partial charge is 0.251 e. The van der Waals surface area contributed by atoms with Crippen LogP contribution in [0.4, 0.5) is 28.4 Å². The fraction of sp³-hybridized carbons (Fsp3) is 0.412. The van der Waals surface area contributed by atoms with E-state index in [9.17, 15) is 23.6 Å². The Morgan fingerprint density at radius 1 is 0.931 bits per heavy atom. The second-order valence-electron chi connectivity index (χ2n) is 18.1. The van der Waals surface area contributed by atoms with Crippen molar-refractivity contribution in [1.82, 2.24) is 10.3 Å². The lowest BCUT2D eigenvalue weighted by Crippen LogP contribution is -2.39. The lowest BCUT2D eigenvalue weighted by atomic mass is 9.62. The number of methoxy groups -OCH3 is 1. The summed E-state index contributed by atoms with van der Waals surface area (Å²) < 4.78 is 89.2. The van der Waals surface area contributed by atoms with Crippen LogP contribution >= 0.6 is 61.5 Å². The van der Waals surface area contributed by atoms with Crippen molar-refractivity contribution in [3.8, 4) is 28.8 Å². The maximum absolute atomic E-state index is 16.2. The van der Waals surface area contributed by atoms with E-state index in [1.54, 1.807) is 5.38 Å². The molecule has 12 nitrogen and oxygen atoms in total. The van der Waals surface area contributed by atoms with Crippen LogP contribution in [-0.4, -0.2) is 89.8 Å². The fourth-order valence-corrected chi connectivity index (χ4v) is 10.5. The second-order valence-corrected chi connectivity index (χ2v) is 19.8. The Morgan fingerprint density at radius 3 is 2.35 bits per heavy atom. The van der Waals surface area contributed by atoms with Gasteiger partial charge in [-0.3, -0.25) is 9.59 Å². The fourth-order valence-electron chi connectivity index (χ4n) is 9.29. The minimum absolute atomic E-state index is 0. The van der Waals surface area contributed by atoms with Crippen LogP contribution in [0.25, 0.3) is 11.3 Å². The molecule has 1 aliphatic heterocycles. The van der Waals surface area contributed by atoms with Gasteiger partial charge in [0.05, 0.1) is 74.6 Å². The molecule has 0 unspecified atom stereocenters. The maximum Gasteiger partial charge on any atom is 0.251 e. The molecule has 1 saturated heterocycles. The number of morpholine rings is 1. The Hall–Kier alpha value is -4.78. The number of hydrogen-bond donors (Lipinski definition) is 2. The number of aromatic nitrogens is 1. The highest BCUT2D eigenvalue weighted by atomic mass is 35.5. The number of nitrogens with one attached hydrogen (secondary N) is 2. The largest absolute Gasteiger partial charge is 0.495 e. The molecular weight excluding hydrogens is 1040 g/mol. The van der Waals surface area contributed by atoms with Crippen molar-refractivity contribution in [2.45, 2.75) is 44.9 Å². The van der Waals surface area contributed by atoms with Crippen LogP contribution in [0.2, 0.25) is 10.0 Å². The van der Waals surface area contributed by atoms with Crippen LogP contribution in [0, 0.1) is 51.9 Å². The molecule has 2 aliphatic rings. The van der Waals surface area contributed by atoms with Crippen LogP contribution in [0.1, 0.15) is 61.0 Å². The summed E-state index contributed by atoms with van der Waals surface area (Å²) >= 11 is 13.9. The molecule has 4 atom stereocenters. The van der Waals surface area contributed by atoms with Gasteiger partial charge in [0.25, 0.3) is 5.91 Å². The topological polar surface area (TPSA) is 144 Å². The molecule has 1 aliphatic carbocycles. The first-order valence-electron chi connectivity index (χ1n) is 22.7. The molecule has 7 rings (SSSR count). The number of nitrogens with zero attached hydrogens (tertiary/aromatic N) is 3. The normalized spacial score (nSPS) is 18.6. The summed E-state index contributed by atoms with van der Waals surface area (Å²) in [6, 6.07) is 17.7. The van der Waals surface area contributed by atoms with Gasteiger partial charge in [-0.25, -0.2) is 18.2 Å². The molecule has 0 bridgehead atoms. The SMILES string of the molecule is COc1cc(C(=O)NCCOCCOCCOc2c(-c3csc(N4CCOCC4)n3)ccc(F)c2F)ccc1NC(=O)[C@@H]1C[C@@H](CC(C)(C)C)[C@](C#N)(c2ccc(Cl)cc2F)[C@H]1c1cccc(Cl)c1F.S.S.